The Hall–Kier alpha value is -1.51. The smallest absolute Gasteiger partial charge is 0.115 e. The number of benzene rings is 2. The number of phenolic OH excluding ortho intramolecular Hbond substituents is 1. The van der Waals surface area contributed by atoms with Gasteiger partial charge in [-0.25, -0.2) is 0 Å². The summed E-state index contributed by atoms with van der Waals surface area (Å²) in [4.78, 5) is 0. The van der Waals surface area contributed by atoms with Gasteiger partial charge >= 0.3 is 0 Å². The first-order valence-electron chi connectivity index (χ1n) is 5.80. The van der Waals surface area contributed by atoms with E-state index in [4.69, 9.17) is 17.3 Å². The molecule has 3 heteroatoms. The molecule has 2 rings (SSSR count). The molecule has 2 aromatic carbocycles. The lowest BCUT2D eigenvalue weighted by Crippen LogP contribution is -2.35. The average molecular weight is 262 g/mol. The molecule has 94 valence electrons. The molecule has 3 N–H and O–H groups in total. The standard InChI is InChI=1S/C15H16ClNO/c1-15(17,12-3-2-4-13(16)9-12)10-11-5-7-14(18)8-6-11/h2-9,18H,10,17H2,1H3. The second kappa shape index (κ2) is 5.01. The Morgan fingerprint density at radius 2 is 1.83 bits per heavy atom. The second-order valence-corrected chi connectivity index (χ2v) is 5.21. The molecular formula is C15H16ClNO. The Kier molecular flexibility index (Phi) is 3.60. The van der Waals surface area contributed by atoms with Crippen LogP contribution in [-0.4, -0.2) is 5.11 Å². The van der Waals surface area contributed by atoms with E-state index in [0.717, 1.165) is 11.1 Å². The minimum Gasteiger partial charge on any atom is -0.508 e. The van der Waals surface area contributed by atoms with Crippen LogP contribution in [0.2, 0.25) is 5.02 Å². The summed E-state index contributed by atoms with van der Waals surface area (Å²) < 4.78 is 0. The fourth-order valence-corrected chi connectivity index (χ4v) is 2.17. The van der Waals surface area contributed by atoms with Gasteiger partial charge in [-0.15, -0.1) is 0 Å². The summed E-state index contributed by atoms with van der Waals surface area (Å²) in [5.41, 5.74) is 7.96. The van der Waals surface area contributed by atoms with E-state index in [1.807, 2.05) is 43.3 Å². The molecule has 0 aliphatic heterocycles. The number of phenols is 1. The monoisotopic (exact) mass is 261 g/mol. The summed E-state index contributed by atoms with van der Waals surface area (Å²) in [5, 5.41) is 9.95. The maximum Gasteiger partial charge on any atom is 0.115 e. The third-order valence-corrected chi connectivity index (χ3v) is 3.23. The van der Waals surface area contributed by atoms with Gasteiger partial charge in [-0.1, -0.05) is 35.9 Å². The highest BCUT2D eigenvalue weighted by Crippen LogP contribution is 2.25. The lowest BCUT2D eigenvalue weighted by atomic mass is 9.87. The number of aromatic hydroxyl groups is 1. The van der Waals surface area contributed by atoms with E-state index in [0.29, 0.717) is 11.4 Å². The van der Waals surface area contributed by atoms with Gasteiger partial charge in [-0.3, -0.25) is 0 Å². The Balaban J connectivity index is 2.23. The van der Waals surface area contributed by atoms with Crippen molar-refractivity contribution in [3.8, 4) is 5.75 Å². The average Bonchev–Trinajstić information content (AvgIpc) is 2.32. The Morgan fingerprint density at radius 3 is 2.44 bits per heavy atom. The molecule has 0 aliphatic rings. The van der Waals surface area contributed by atoms with Crippen LogP contribution in [0, 0.1) is 0 Å². The minimum absolute atomic E-state index is 0.264. The quantitative estimate of drug-likeness (QED) is 0.889. The highest BCUT2D eigenvalue weighted by Gasteiger charge is 2.21. The molecule has 0 saturated carbocycles. The van der Waals surface area contributed by atoms with Crippen molar-refractivity contribution in [2.24, 2.45) is 5.73 Å². The van der Waals surface area contributed by atoms with Crippen LogP contribution < -0.4 is 5.73 Å². The molecule has 0 fully saturated rings. The SMILES string of the molecule is CC(N)(Cc1ccc(O)cc1)c1cccc(Cl)c1. The van der Waals surface area contributed by atoms with Crippen molar-refractivity contribution in [2.45, 2.75) is 18.9 Å². The van der Waals surface area contributed by atoms with Crippen molar-refractivity contribution in [1.82, 2.24) is 0 Å². The summed E-state index contributed by atoms with van der Waals surface area (Å²) in [6.07, 6.45) is 0.688. The number of hydrogen-bond acceptors (Lipinski definition) is 2. The van der Waals surface area contributed by atoms with Gasteiger partial charge in [0.25, 0.3) is 0 Å². The van der Waals surface area contributed by atoms with Gasteiger partial charge < -0.3 is 10.8 Å². The Morgan fingerprint density at radius 1 is 1.17 bits per heavy atom. The molecule has 2 nitrogen and oxygen atoms in total. The third-order valence-electron chi connectivity index (χ3n) is 2.99. The van der Waals surface area contributed by atoms with Gasteiger partial charge in [0.05, 0.1) is 0 Å². The molecule has 0 saturated heterocycles. The largest absolute Gasteiger partial charge is 0.508 e. The van der Waals surface area contributed by atoms with E-state index in [1.54, 1.807) is 12.1 Å². The predicted octanol–water partition coefficient (Wildman–Crippen LogP) is 3.46. The van der Waals surface area contributed by atoms with Crippen molar-refractivity contribution >= 4 is 11.6 Å². The summed E-state index contributed by atoms with van der Waals surface area (Å²) in [5.74, 6) is 0.264. The molecule has 1 atom stereocenters. The van der Waals surface area contributed by atoms with Gasteiger partial charge in [-0.2, -0.15) is 0 Å². The van der Waals surface area contributed by atoms with Gasteiger partial charge in [0, 0.05) is 10.6 Å². The maximum atomic E-state index is 9.26. The summed E-state index contributed by atoms with van der Waals surface area (Å²) >= 11 is 5.99. The molecule has 1 unspecified atom stereocenters. The summed E-state index contributed by atoms with van der Waals surface area (Å²) in [6, 6.07) is 14.7. The van der Waals surface area contributed by atoms with Crippen LogP contribution in [0.4, 0.5) is 0 Å². The van der Waals surface area contributed by atoms with E-state index in [2.05, 4.69) is 0 Å². The van der Waals surface area contributed by atoms with Crippen LogP contribution in [0.5, 0.6) is 5.75 Å². The number of rotatable bonds is 3. The van der Waals surface area contributed by atoms with Crippen LogP contribution in [0.15, 0.2) is 48.5 Å². The second-order valence-electron chi connectivity index (χ2n) is 4.77. The molecule has 0 radical (unpaired) electrons. The zero-order valence-electron chi connectivity index (χ0n) is 10.2. The minimum atomic E-state index is -0.484. The van der Waals surface area contributed by atoms with E-state index < -0.39 is 5.54 Å². The Labute approximate surface area is 112 Å². The predicted molar refractivity (Wildman–Crippen MR) is 74.8 cm³/mol. The van der Waals surface area contributed by atoms with Gasteiger partial charge in [0.1, 0.15) is 5.75 Å². The van der Waals surface area contributed by atoms with Crippen LogP contribution in [0.25, 0.3) is 0 Å². The van der Waals surface area contributed by atoms with Gasteiger partial charge in [0.15, 0.2) is 0 Å². The highest BCUT2D eigenvalue weighted by molar-refractivity contribution is 6.30. The Bertz CT molecular complexity index is 534. The molecule has 0 bridgehead atoms. The van der Waals surface area contributed by atoms with Crippen molar-refractivity contribution in [1.29, 1.82) is 0 Å². The number of hydrogen-bond donors (Lipinski definition) is 2. The number of halogens is 1. The van der Waals surface area contributed by atoms with Crippen LogP contribution in [0.3, 0.4) is 0 Å². The molecular weight excluding hydrogens is 246 g/mol. The van der Waals surface area contributed by atoms with Crippen LogP contribution >= 0.6 is 11.6 Å². The summed E-state index contributed by atoms with van der Waals surface area (Å²) in [6.45, 7) is 1.98. The lowest BCUT2D eigenvalue weighted by Gasteiger charge is -2.25. The fourth-order valence-electron chi connectivity index (χ4n) is 1.98. The first kappa shape index (κ1) is 12.9. The molecule has 2 aromatic rings. The zero-order valence-corrected chi connectivity index (χ0v) is 11.0. The van der Waals surface area contributed by atoms with Crippen LogP contribution in [-0.2, 0) is 12.0 Å². The van der Waals surface area contributed by atoms with E-state index in [9.17, 15) is 5.11 Å². The normalized spacial score (nSPS) is 14.2. The first-order valence-corrected chi connectivity index (χ1v) is 6.18. The topological polar surface area (TPSA) is 46.2 Å². The summed E-state index contributed by atoms with van der Waals surface area (Å²) in [7, 11) is 0. The zero-order chi connectivity index (χ0) is 13.2. The van der Waals surface area contributed by atoms with Crippen molar-refractivity contribution in [3.63, 3.8) is 0 Å². The lowest BCUT2D eigenvalue weighted by molar-refractivity contribution is 0.472. The van der Waals surface area contributed by atoms with Crippen LogP contribution in [0.1, 0.15) is 18.1 Å². The molecule has 18 heavy (non-hydrogen) atoms. The fraction of sp³-hybridized carbons (Fsp3) is 0.200. The van der Waals surface area contributed by atoms with E-state index in [-0.39, 0.29) is 5.75 Å². The molecule has 0 heterocycles. The third kappa shape index (κ3) is 3.03. The van der Waals surface area contributed by atoms with Gasteiger partial charge in [0.2, 0.25) is 0 Å². The molecule has 0 amide bonds. The van der Waals surface area contributed by atoms with Crippen molar-refractivity contribution in [3.05, 3.63) is 64.7 Å². The molecule has 0 spiro atoms. The van der Waals surface area contributed by atoms with Crippen molar-refractivity contribution in [2.75, 3.05) is 0 Å². The number of nitrogens with two attached hydrogens (primary N) is 1. The first-order chi connectivity index (χ1) is 8.47. The molecule has 0 aromatic heterocycles. The highest BCUT2D eigenvalue weighted by atomic mass is 35.5. The maximum absolute atomic E-state index is 9.26. The van der Waals surface area contributed by atoms with E-state index >= 15 is 0 Å². The van der Waals surface area contributed by atoms with Crippen molar-refractivity contribution < 1.29 is 5.11 Å². The van der Waals surface area contributed by atoms with Gasteiger partial charge in [-0.05, 0) is 48.7 Å². The molecule has 0 aliphatic carbocycles. The van der Waals surface area contributed by atoms with E-state index in [1.165, 1.54) is 0 Å².